The van der Waals surface area contributed by atoms with Gasteiger partial charge in [-0.05, 0) is 136 Å². The van der Waals surface area contributed by atoms with E-state index in [0.717, 1.165) is 6.42 Å². The average molecular weight is 821 g/mol. The van der Waals surface area contributed by atoms with Crippen LogP contribution in [-0.4, -0.2) is 9.13 Å². The first-order chi connectivity index (χ1) is 30.0. The van der Waals surface area contributed by atoms with Crippen molar-refractivity contribution in [3.63, 3.8) is 0 Å². The van der Waals surface area contributed by atoms with Crippen LogP contribution >= 0.6 is 11.3 Å². The zero-order valence-corrected chi connectivity index (χ0v) is 37.4. The average Bonchev–Trinajstić information content (AvgIpc) is 3.92. The summed E-state index contributed by atoms with van der Waals surface area (Å²) in [5.74, 6) is 0.589. The second-order valence-corrected chi connectivity index (χ2v) is 20.8. The normalized spacial score (nSPS) is 13.1. The van der Waals surface area contributed by atoms with Crippen LogP contribution in [0.3, 0.4) is 0 Å². The fourth-order valence-corrected chi connectivity index (χ4v) is 11.2. The molecular formula is C59H52N2S. The molecule has 0 amide bonds. The summed E-state index contributed by atoms with van der Waals surface area (Å²) in [6.07, 6.45) is 2.28. The molecule has 0 saturated heterocycles. The summed E-state index contributed by atoms with van der Waals surface area (Å²) in [7, 11) is 0. The third kappa shape index (κ3) is 6.71. The first kappa shape index (κ1) is 38.5. The molecule has 0 bridgehead atoms. The topological polar surface area (TPSA) is 9.86 Å². The van der Waals surface area contributed by atoms with Crippen molar-refractivity contribution in [1.29, 1.82) is 0 Å². The number of hydrogen-bond donors (Lipinski definition) is 0. The molecule has 62 heavy (non-hydrogen) atoms. The molecule has 2 nitrogen and oxygen atoms in total. The minimum atomic E-state index is 0.230. The molecule has 0 saturated carbocycles. The number of benzene rings is 8. The first-order valence-corrected chi connectivity index (χ1v) is 23.0. The van der Waals surface area contributed by atoms with Crippen molar-refractivity contribution in [2.24, 2.45) is 16.7 Å². The molecule has 0 N–H and O–H groups in total. The highest BCUT2D eigenvalue weighted by Crippen LogP contribution is 2.42. The Bertz CT molecular complexity index is 3450. The Morgan fingerprint density at radius 2 is 0.855 bits per heavy atom. The van der Waals surface area contributed by atoms with Crippen molar-refractivity contribution >= 4 is 75.1 Å². The SMILES string of the molecule is CC(C)(C)CC(Cc1cccc(-n2c3ccccc3c3cc(-c4ccc5sc6ccc(-c7cccc(-n8c9ccccc9c9ccccc98)c7)cc6c5c4)ccc32)c1)C(C)(C)C. The molecule has 11 aromatic rings. The van der Waals surface area contributed by atoms with Gasteiger partial charge in [0.25, 0.3) is 0 Å². The van der Waals surface area contributed by atoms with Crippen molar-refractivity contribution in [3.8, 4) is 33.6 Å². The summed E-state index contributed by atoms with van der Waals surface area (Å²) < 4.78 is 7.50. The van der Waals surface area contributed by atoms with Gasteiger partial charge in [-0.1, -0.05) is 139 Å². The van der Waals surface area contributed by atoms with Crippen LogP contribution in [0.1, 0.15) is 53.5 Å². The Kier molecular flexibility index (Phi) is 9.07. The molecule has 11 rings (SSSR count). The Hall–Kier alpha value is -6.42. The molecule has 1 unspecified atom stereocenters. The van der Waals surface area contributed by atoms with Crippen molar-refractivity contribution in [2.75, 3.05) is 0 Å². The Balaban J connectivity index is 0.970. The van der Waals surface area contributed by atoms with Gasteiger partial charge in [0, 0.05) is 53.1 Å². The molecule has 0 aliphatic rings. The van der Waals surface area contributed by atoms with Gasteiger partial charge in [0.2, 0.25) is 0 Å². The molecule has 3 heterocycles. The van der Waals surface area contributed by atoms with E-state index in [4.69, 9.17) is 0 Å². The van der Waals surface area contributed by atoms with E-state index in [1.807, 2.05) is 11.3 Å². The fraction of sp³-hybridized carbons (Fsp3) is 0.186. The van der Waals surface area contributed by atoms with Crippen LogP contribution in [0.2, 0.25) is 0 Å². The number of nitrogens with zero attached hydrogens (tertiary/aromatic N) is 2. The van der Waals surface area contributed by atoms with E-state index in [2.05, 4.69) is 227 Å². The number of thiophene rings is 1. The second kappa shape index (κ2) is 14.6. The number of hydrogen-bond acceptors (Lipinski definition) is 1. The van der Waals surface area contributed by atoms with Gasteiger partial charge in [-0.15, -0.1) is 11.3 Å². The van der Waals surface area contributed by atoms with Gasteiger partial charge in [0.1, 0.15) is 0 Å². The number of para-hydroxylation sites is 3. The lowest BCUT2D eigenvalue weighted by atomic mass is 9.70. The lowest BCUT2D eigenvalue weighted by Gasteiger charge is -2.36. The van der Waals surface area contributed by atoms with Gasteiger partial charge in [-0.2, -0.15) is 0 Å². The highest BCUT2D eigenvalue weighted by molar-refractivity contribution is 7.25. The van der Waals surface area contributed by atoms with Crippen molar-refractivity contribution in [1.82, 2.24) is 9.13 Å². The van der Waals surface area contributed by atoms with Gasteiger partial charge < -0.3 is 9.13 Å². The quantitative estimate of drug-likeness (QED) is 0.152. The summed E-state index contributed by atoms with van der Waals surface area (Å²) >= 11 is 1.88. The molecule has 3 aromatic heterocycles. The van der Waals surface area contributed by atoms with Crippen LogP contribution in [0.25, 0.3) is 97.4 Å². The second-order valence-electron chi connectivity index (χ2n) is 19.7. The first-order valence-electron chi connectivity index (χ1n) is 22.2. The summed E-state index contributed by atoms with van der Waals surface area (Å²) in [6, 6.07) is 65.8. The van der Waals surface area contributed by atoms with Crippen LogP contribution in [0, 0.1) is 16.7 Å². The number of aromatic nitrogens is 2. The predicted octanol–water partition coefficient (Wildman–Crippen LogP) is 17.2. The molecule has 0 fully saturated rings. The molecule has 0 spiro atoms. The van der Waals surface area contributed by atoms with Crippen LogP contribution in [0.15, 0.2) is 176 Å². The monoisotopic (exact) mass is 820 g/mol. The summed E-state index contributed by atoms with van der Waals surface area (Å²) in [5, 5.41) is 7.74. The Labute approximate surface area is 368 Å². The minimum absolute atomic E-state index is 0.230. The third-order valence-electron chi connectivity index (χ3n) is 13.2. The number of fused-ring (bicyclic) bond motifs is 9. The van der Waals surface area contributed by atoms with Crippen molar-refractivity contribution < 1.29 is 0 Å². The molecule has 0 aliphatic heterocycles. The molecule has 0 radical (unpaired) electrons. The maximum atomic E-state index is 2.47. The molecule has 304 valence electrons. The Morgan fingerprint density at radius 1 is 0.403 bits per heavy atom. The summed E-state index contributed by atoms with van der Waals surface area (Å²) in [5.41, 5.74) is 14.2. The van der Waals surface area contributed by atoms with Crippen LogP contribution in [0.5, 0.6) is 0 Å². The maximum absolute atomic E-state index is 2.47. The highest BCUT2D eigenvalue weighted by atomic mass is 32.1. The van der Waals surface area contributed by atoms with Gasteiger partial charge in [-0.25, -0.2) is 0 Å². The van der Waals surface area contributed by atoms with Crippen LogP contribution in [0.4, 0.5) is 0 Å². The molecule has 0 aliphatic carbocycles. The number of rotatable bonds is 7. The van der Waals surface area contributed by atoms with E-state index >= 15 is 0 Å². The lowest BCUT2D eigenvalue weighted by Crippen LogP contribution is -2.27. The minimum Gasteiger partial charge on any atom is -0.309 e. The molecule has 8 aromatic carbocycles. The zero-order chi connectivity index (χ0) is 42.3. The third-order valence-corrected chi connectivity index (χ3v) is 14.4. The fourth-order valence-electron chi connectivity index (χ4n) is 10.1. The van der Waals surface area contributed by atoms with E-state index in [9.17, 15) is 0 Å². The smallest absolute Gasteiger partial charge is 0.0541 e. The van der Waals surface area contributed by atoms with Crippen LogP contribution < -0.4 is 0 Å². The zero-order valence-electron chi connectivity index (χ0n) is 36.5. The van der Waals surface area contributed by atoms with E-state index < -0.39 is 0 Å². The maximum Gasteiger partial charge on any atom is 0.0541 e. The van der Waals surface area contributed by atoms with Gasteiger partial charge in [0.15, 0.2) is 0 Å². The standard InChI is InChI=1S/C59H52N2S/c1-58(2,3)37-43(59(4,5)6)31-38-15-13-17-44(32-38)60-54-24-12-9-21-48(54)49-34-40(25-28-55(49)60)42-27-30-57-51(36-42)50-35-41(26-29-56(50)62-57)39-16-14-18-45(33-39)61-52-22-10-7-19-46(52)47-20-8-11-23-53(47)61/h7-30,32-36,43H,31,37H2,1-6H3. The highest BCUT2D eigenvalue weighted by Gasteiger charge is 2.29. The molecule has 1 atom stereocenters. The van der Waals surface area contributed by atoms with Gasteiger partial charge >= 0.3 is 0 Å². The Morgan fingerprint density at radius 3 is 1.40 bits per heavy atom. The summed E-state index contributed by atoms with van der Waals surface area (Å²) in [6.45, 7) is 14.3. The van der Waals surface area contributed by atoms with E-state index in [1.165, 1.54) is 109 Å². The predicted molar refractivity (Wildman–Crippen MR) is 270 cm³/mol. The van der Waals surface area contributed by atoms with Gasteiger partial charge in [0.05, 0.1) is 22.1 Å². The van der Waals surface area contributed by atoms with Gasteiger partial charge in [-0.3, -0.25) is 0 Å². The van der Waals surface area contributed by atoms with E-state index in [1.54, 1.807) is 0 Å². The summed E-state index contributed by atoms with van der Waals surface area (Å²) in [4.78, 5) is 0. The molecular weight excluding hydrogens is 769 g/mol. The van der Waals surface area contributed by atoms with E-state index in [-0.39, 0.29) is 10.8 Å². The van der Waals surface area contributed by atoms with Crippen LogP contribution in [-0.2, 0) is 6.42 Å². The lowest BCUT2D eigenvalue weighted by molar-refractivity contribution is 0.164. The van der Waals surface area contributed by atoms with Crippen molar-refractivity contribution in [2.45, 2.75) is 54.4 Å². The van der Waals surface area contributed by atoms with E-state index in [0.29, 0.717) is 5.92 Å². The molecule has 3 heteroatoms. The largest absolute Gasteiger partial charge is 0.309 e. The van der Waals surface area contributed by atoms with Crippen molar-refractivity contribution in [3.05, 3.63) is 181 Å².